The molecule has 0 saturated carbocycles. The van der Waals surface area contributed by atoms with Crippen LogP contribution in [0.3, 0.4) is 0 Å². The summed E-state index contributed by atoms with van der Waals surface area (Å²) in [7, 11) is 1.35. The molecular weight excluding hydrogens is 374 g/mol. The van der Waals surface area contributed by atoms with Crippen molar-refractivity contribution >= 4 is 34.5 Å². The van der Waals surface area contributed by atoms with Gasteiger partial charge in [0.05, 0.1) is 18.4 Å². The third-order valence-electron chi connectivity index (χ3n) is 4.88. The largest absolute Gasteiger partial charge is 0.467 e. The van der Waals surface area contributed by atoms with Crippen molar-refractivity contribution in [1.29, 1.82) is 0 Å². The molecule has 1 aliphatic rings. The molecule has 28 heavy (non-hydrogen) atoms. The lowest BCUT2D eigenvalue weighted by atomic mass is 9.94. The highest BCUT2D eigenvalue weighted by atomic mass is 32.2. The molecule has 0 radical (unpaired) electrons. The van der Waals surface area contributed by atoms with Gasteiger partial charge in [0.2, 0.25) is 5.91 Å². The van der Waals surface area contributed by atoms with Crippen LogP contribution in [-0.4, -0.2) is 45.6 Å². The van der Waals surface area contributed by atoms with Crippen LogP contribution in [0.25, 0.3) is 10.9 Å². The van der Waals surface area contributed by atoms with E-state index in [2.05, 4.69) is 9.97 Å². The van der Waals surface area contributed by atoms with Gasteiger partial charge < -0.3 is 9.64 Å². The molecule has 6 nitrogen and oxygen atoms in total. The van der Waals surface area contributed by atoms with E-state index >= 15 is 0 Å². The molecule has 1 aromatic heterocycles. The Bertz CT molecular complexity index is 1030. The number of fused-ring (bicyclic) bond motifs is 2. The lowest BCUT2D eigenvalue weighted by Gasteiger charge is -2.35. The summed E-state index contributed by atoms with van der Waals surface area (Å²) in [6, 6.07) is 15.0. The number of methoxy groups -OCH3 is 1. The van der Waals surface area contributed by atoms with Gasteiger partial charge in [0.25, 0.3) is 0 Å². The minimum atomic E-state index is -0.602. The maximum Gasteiger partial charge on any atom is 0.328 e. The number of rotatable bonds is 4. The normalized spacial score (nSPS) is 15.9. The van der Waals surface area contributed by atoms with Gasteiger partial charge in [0, 0.05) is 18.4 Å². The fraction of sp³-hybridized carbons (Fsp3) is 0.238. The van der Waals surface area contributed by atoms with Crippen LogP contribution in [0.2, 0.25) is 0 Å². The predicted molar refractivity (Wildman–Crippen MR) is 107 cm³/mol. The molecule has 3 aromatic rings. The number of nitrogens with zero attached hydrogens (tertiary/aromatic N) is 3. The van der Waals surface area contributed by atoms with Crippen LogP contribution in [0.1, 0.15) is 11.1 Å². The molecule has 142 valence electrons. The van der Waals surface area contributed by atoms with E-state index in [1.54, 1.807) is 4.90 Å². The second-order valence-corrected chi connectivity index (χ2v) is 7.48. The number of carbonyl (C=O) groups excluding carboxylic acids is 2. The lowest BCUT2D eigenvalue weighted by molar-refractivity contribution is -0.153. The van der Waals surface area contributed by atoms with Gasteiger partial charge in [-0.05, 0) is 17.2 Å². The number of esters is 1. The van der Waals surface area contributed by atoms with Crippen LogP contribution in [0.15, 0.2) is 59.9 Å². The van der Waals surface area contributed by atoms with Gasteiger partial charge in [0.1, 0.15) is 17.4 Å². The predicted octanol–water partition coefficient (Wildman–Crippen LogP) is 2.85. The Labute approximate surface area is 166 Å². The summed E-state index contributed by atoms with van der Waals surface area (Å²) in [6.45, 7) is 0.403. The van der Waals surface area contributed by atoms with Crippen molar-refractivity contribution in [3.8, 4) is 0 Å². The van der Waals surface area contributed by atoms with Crippen molar-refractivity contribution < 1.29 is 14.3 Å². The van der Waals surface area contributed by atoms with E-state index in [9.17, 15) is 9.59 Å². The quantitative estimate of drug-likeness (QED) is 0.386. The summed E-state index contributed by atoms with van der Waals surface area (Å²) in [5.41, 5.74) is 2.98. The maximum absolute atomic E-state index is 13.0. The molecule has 1 amide bonds. The Morgan fingerprint density at radius 1 is 1.11 bits per heavy atom. The Hall–Kier alpha value is -2.93. The maximum atomic E-state index is 13.0. The Morgan fingerprint density at radius 3 is 2.68 bits per heavy atom. The van der Waals surface area contributed by atoms with E-state index in [4.69, 9.17) is 4.74 Å². The summed E-state index contributed by atoms with van der Waals surface area (Å²) >= 11 is 1.36. The molecule has 0 bridgehead atoms. The number of benzene rings is 2. The second-order valence-electron chi connectivity index (χ2n) is 6.52. The minimum Gasteiger partial charge on any atom is -0.467 e. The number of carbonyl (C=O) groups is 2. The van der Waals surface area contributed by atoms with Gasteiger partial charge in [-0.1, -0.05) is 54.2 Å². The SMILES string of the molecule is COC(=O)[C@H]1Cc2ccccc2CN1C(=O)CSc1ncnc2ccccc12. The molecule has 7 heteroatoms. The van der Waals surface area contributed by atoms with Crippen LogP contribution < -0.4 is 0 Å². The van der Waals surface area contributed by atoms with Gasteiger partial charge in [-0.2, -0.15) is 0 Å². The standard InChI is InChI=1S/C21H19N3O3S/c1-27-21(26)18-10-14-6-2-3-7-15(14)11-24(18)19(25)12-28-20-16-8-4-5-9-17(16)22-13-23-20/h2-9,13,18H,10-12H2,1H3/t18-/m1/s1. The van der Waals surface area contributed by atoms with E-state index in [1.807, 2.05) is 48.5 Å². The Balaban J connectivity index is 1.55. The van der Waals surface area contributed by atoms with Crippen LogP contribution in [-0.2, 0) is 27.3 Å². The van der Waals surface area contributed by atoms with Crippen LogP contribution in [0.5, 0.6) is 0 Å². The first-order valence-electron chi connectivity index (χ1n) is 8.94. The zero-order valence-corrected chi connectivity index (χ0v) is 16.2. The number of hydrogen-bond donors (Lipinski definition) is 0. The molecule has 0 saturated heterocycles. The zero-order valence-electron chi connectivity index (χ0n) is 15.4. The van der Waals surface area contributed by atoms with Crippen molar-refractivity contribution in [3.05, 3.63) is 66.0 Å². The third-order valence-corrected chi connectivity index (χ3v) is 5.87. The zero-order chi connectivity index (χ0) is 19.5. The smallest absolute Gasteiger partial charge is 0.328 e. The summed E-state index contributed by atoms with van der Waals surface area (Å²) in [4.78, 5) is 35.5. The van der Waals surface area contributed by atoms with Crippen molar-refractivity contribution in [1.82, 2.24) is 14.9 Å². The number of amides is 1. The third kappa shape index (κ3) is 3.57. The highest BCUT2D eigenvalue weighted by molar-refractivity contribution is 8.00. The summed E-state index contributed by atoms with van der Waals surface area (Å²) in [5, 5.41) is 1.67. The summed E-state index contributed by atoms with van der Waals surface area (Å²) in [6.07, 6.45) is 1.97. The molecule has 0 aliphatic carbocycles. The average molecular weight is 393 g/mol. The Kier molecular flexibility index (Phi) is 5.25. The van der Waals surface area contributed by atoms with Crippen molar-refractivity contribution in [2.24, 2.45) is 0 Å². The molecule has 0 unspecified atom stereocenters. The van der Waals surface area contributed by atoms with E-state index < -0.39 is 6.04 Å². The highest BCUT2D eigenvalue weighted by Gasteiger charge is 2.35. The Morgan fingerprint density at radius 2 is 1.86 bits per heavy atom. The van der Waals surface area contributed by atoms with Gasteiger partial charge in [-0.15, -0.1) is 0 Å². The molecular formula is C21H19N3O3S. The number of para-hydroxylation sites is 1. The molecule has 1 atom stereocenters. The van der Waals surface area contributed by atoms with Crippen LogP contribution in [0.4, 0.5) is 0 Å². The molecule has 0 spiro atoms. The number of ether oxygens (including phenoxy) is 1. The van der Waals surface area contributed by atoms with Gasteiger partial charge in [-0.25, -0.2) is 14.8 Å². The van der Waals surface area contributed by atoms with Crippen LogP contribution >= 0.6 is 11.8 Å². The highest BCUT2D eigenvalue weighted by Crippen LogP contribution is 2.28. The van der Waals surface area contributed by atoms with Gasteiger partial charge >= 0.3 is 5.97 Å². The monoisotopic (exact) mass is 393 g/mol. The van der Waals surface area contributed by atoms with Gasteiger partial charge in [-0.3, -0.25) is 4.79 Å². The average Bonchev–Trinajstić information content (AvgIpc) is 2.75. The van der Waals surface area contributed by atoms with Crippen molar-refractivity contribution in [3.63, 3.8) is 0 Å². The van der Waals surface area contributed by atoms with Crippen LogP contribution in [0, 0.1) is 0 Å². The number of hydrogen-bond acceptors (Lipinski definition) is 6. The fourth-order valence-corrected chi connectivity index (χ4v) is 4.32. The summed E-state index contributed by atoms with van der Waals surface area (Å²) < 4.78 is 4.95. The molecule has 2 aromatic carbocycles. The molecule has 0 N–H and O–H groups in total. The van der Waals surface area contributed by atoms with E-state index in [0.29, 0.717) is 13.0 Å². The van der Waals surface area contributed by atoms with Crippen molar-refractivity contribution in [2.45, 2.75) is 24.0 Å². The van der Waals surface area contributed by atoms with E-state index in [1.165, 1.54) is 25.2 Å². The molecule has 4 rings (SSSR count). The minimum absolute atomic E-state index is 0.113. The topological polar surface area (TPSA) is 72.4 Å². The lowest BCUT2D eigenvalue weighted by Crippen LogP contribution is -2.49. The first-order valence-corrected chi connectivity index (χ1v) is 9.92. The number of thioether (sulfide) groups is 1. The second kappa shape index (κ2) is 7.98. The van der Waals surface area contributed by atoms with Gasteiger partial charge in [0.15, 0.2) is 0 Å². The molecule has 1 aliphatic heterocycles. The molecule has 2 heterocycles. The first-order chi connectivity index (χ1) is 13.7. The van der Waals surface area contributed by atoms with E-state index in [-0.39, 0.29) is 17.6 Å². The molecule has 0 fully saturated rings. The fourth-order valence-electron chi connectivity index (χ4n) is 3.44. The summed E-state index contributed by atoms with van der Waals surface area (Å²) in [5.74, 6) is -0.311. The first kappa shape index (κ1) is 18.4. The number of aromatic nitrogens is 2. The van der Waals surface area contributed by atoms with E-state index in [0.717, 1.165) is 27.1 Å². The van der Waals surface area contributed by atoms with Crippen molar-refractivity contribution in [2.75, 3.05) is 12.9 Å².